The van der Waals surface area contributed by atoms with Gasteiger partial charge in [0.2, 0.25) is 5.95 Å². The van der Waals surface area contributed by atoms with Crippen LogP contribution in [-0.2, 0) is 4.74 Å². The van der Waals surface area contributed by atoms with Gasteiger partial charge in [-0.1, -0.05) is 6.07 Å². The summed E-state index contributed by atoms with van der Waals surface area (Å²) in [6.07, 6.45) is 3.49. The fourth-order valence-corrected chi connectivity index (χ4v) is 4.24. The van der Waals surface area contributed by atoms with Crippen LogP contribution in [0.2, 0.25) is 0 Å². The zero-order chi connectivity index (χ0) is 22.8. The van der Waals surface area contributed by atoms with E-state index in [1.807, 2.05) is 32.0 Å². The number of nitrogens with one attached hydrogen (secondary N) is 1. The summed E-state index contributed by atoms with van der Waals surface area (Å²) in [5.41, 5.74) is 3.12. The van der Waals surface area contributed by atoms with Crippen LogP contribution in [-0.4, -0.2) is 76.2 Å². The van der Waals surface area contributed by atoms with Crippen LogP contribution in [0.4, 0.5) is 17.3 Å². The maximum atomic E-state index is 6.15. The SMILES string of the molecule is Cc1c(Nc2ncn(-c3ccccn3)n2)cc(N2CC(N3CCOCC3)C2)cc1OC(C)C. The van der Waals surface area contributed by atoms with Crippen LogP contribution >= 0.6 is 0 Å². The number of morpholine rings is 1. The number of anilines is 3. The van der Waals surface area contributed by atoms with E-state index < -0.39 is 0 Å². The quantitative estimate of drug-likeness (QED) is 0.590. The van der Waals surface area contributed by atoms with Gasteiger partial charge in [-0.3, -0.25) is 4.90 Å². The first kappa shape index (κ1) is 21.7. The fraction of sp³-hybridized carbons (Fsp3) is 0.458. The first-order chi connectivity index (χ1) is 16.1. The van der Waals surface area contributed by atoms with Crippen LogP contribution in [0.1, 0.15) is 19.4 Å². The third-order valence-electron chi connectivity index (χ3n) is 6.12. The summed E-state index contributed by atoms with van der Waals surface area (Å²) in [5.74, 6) is 2.12. The lowest BCUT2D eigenvalue weighted by atomic mass is 10.0. The molecular formula is C24H31N7O2. The Bertz CT molecular complexity index is 1070. The van der Waals surface area contributed by atoms with Gasteiger partial charge in [-0.2, -0.15) is 4.98 Å². The molecule has 0 spiro atoms. The van der Waals surface area contributed by atoms with Gasteiger partial charge in [0.15, 0.2) is 5.82 Å². The average Bonchev–Trinajstić information content (AvgIpc) is 3.25. The number of benzene rings is 1. The molecule has 0 radical (unpaired) electrons. The third-order valence-corrected chi connectivity index (χ3v) is 6.12. The second kappa shape index (κ2) is 9.36. The lowest BCUT2D eigenvalue weighted by Gasteiger charge is -2.48. The second-order valence-electron chi connectivity index (χ2n) is 8.82. The molecule has 4 heterocycles. The van der Waals surface area contributed by atoms with E-state index in [2.05, 4.69) is 49.2 Å². The molecular weight excluding hydrogens is 418 g/mol. The van der Waals surface area contributed by atoms with Crippen molar-refractivity contribution in [1.82, 2.24) is 24.6 Å². The average molecular weight is 450 g/mol. The summed E-state index contributed by atoms with van der Waals surface area (Å²) in [4.78, 5) is 13.7. The van der Waals surface area contributed by atoms with Crippen molar-refractivity contribution in [3.05, 3.63) is 48.4 Å². The third kappa shape index (κ3) is 4.79. The molecule has 2 fully saturated rings. The van der Waals surface area contributed by atoms with Crippen molar-refractivity contribution < 1.29 is 9.47 Å². The molecule has 0 atom stereocenters. The van der Waals surface area contributed by atoms with E-state index in [1.165, 1.54) is 0 Å². The largest absolute Gasteiger partial charge is 0.491 e. The number of nitrogens with zero attached hydrogens (tertiary/aromatic N) is 6. The van der Waals surface area contributed by atoms with E-state index in [4.69, 9.17) is 9.47 Å². The molecule has 0 bridgehead atoms. The number of hydrogen-bond donors (Lipinski definition) is 1. The summed E-state index contributed by atoms with van der Waals surface area (Å²) in [6.45, 7) is 11.9. The van der Waals surface area contributed by atoms with Crippen molar-refractivity contribution in [3.63, 3.8) is 0 Å². The van der Waals surface area contributed by atoms with Crippen LogP contribution in [0.25, 0.3) is 5.82 Å². The van der Waals surface area contributed by atoms with Crippen molar-refractivity contribution >= 4 is 17.3 Å². The first-order valence-electron chi connectivity index (χ1n) is 11.5. The van der Waals surface area contributed by atoms with Crippen LogP contribution in [0.5, 0.6) is 5.75 Å². The van der Waals surface area contributed by atoms with Crippen LogP contribution < -0.4 is 15.0 Å². The van der Waals surface area contributed by atoms with Crippen LogP contribution in [0, 0.1) is 6.92 Å². The summed E-state index contributed by atoms with van der Waals surface area (Å²) in [5, 5.41) is 7.94. The van der Waals surface area contributed by atoms with E-state index in [9.17, 15) is 0 Å². The molecule has 2 aliphatic rings. The predicted octanol–water partition coefficient (Wildman–Crippen LogP) is 3.02. The highest BCUT2D eigenvalue weighted by molar-refractivity contribution is 5.71. The Morgan fingerprint density at radius 1 is 1.12 bits per heavy atom. The molecule has 5 rings (SSSR count). The number of hydrogen-bond acceptors (Lipinski definition) is 8. The zero-order valence-corrected chi connectivity index (χ0v) is 19.4. The second-order valence-corrected chi connectivity index (χ2v) is 8.82. The van der Waals surface area contributed by atoms with Crippen LogP contribution in [0.15, 0.2) is 42.9 Å². The number of ether oxygens (including phenoxy) is 2. The lowest BCUT2D eigenvalue weighted by molar-refractivity contribution is 0.0105. The molecule has 2 saturated heterocycles. The number of aromatic nitrogens is 4. The first-order valence-corrected chi connectivity index (χ1v) is 11.5. The maximum Gasteiger partial charge on any atom is 0.247 e. The molecule has 0 saturated carbocycles. The Kier molecular flexibility index (Phi) is 6.15. The predicted molar refractivity (Wildman–Crippen MR) is 128 cm³/mol. The standard InChI is InChI=1S/C24H31N7O2/c1-17(2)33-22-13-19(30-14-20(15-30)29-8-10-32-11-9-29)12-21(18(22)3)27-24-26-16-31(28-24)23-6-4-5-7-25-23/h4-7,12-13,16-17,20H,8-11,14-15H2,1-3H3,(H,27,28). The van der Waals surface area contributed by atoms with Gasteiger partial charge in [-0.15, -0.1) is 5.10 Å². The molecule has 33 heavy (non-hydrogen) atoms. The molecule has 3 aromatic rings. The molecule has 2 aliphatic heterocycles. The smallest absolute Gasteiger partial charge is 0.247 e. The van der Waals surface area contributed by atoms with E-state index in [1.54, 1.807) is 17.2 Å². The zero-order valence-electron chi connectivity index (χ0n) is 19.4. The summed E-state index contributed by atoms with van der Waals surface area (Å²) >= 11 is 0. The fourth-order valence-electron chi connectivity index (χ4n) is 4.24. The molecule has 0 amide bonds. The molecule has 2 aromatic heterocycles. The van der Waals surface area contributed by atoms with E-state index in [-0.39, 0.29) is 6.10 Å². The van der Waals surface area contributed by atoms with Crippen molar-refractivity contribution in [3.8, 4) is 11.6 Å². The summed E-state index contributed by atoms with van der Waals surface area (Å²) in [6, 6.07) is 10.6. The van der Waals surface area contributed by atoms with Gasteiger partial charge in [-0.25, -0.2) is 9.67 Å². The van der Waals surface area contributed by atoms with Crippen molar-refractivity contribution in [1.29, 1.82) is 0 Å². The highest BCUT2D eigenvalue weighted by Crippen LogP contribution is 2.36. The van der Waals surface area contributed by atoms with Crippen molar-refractivity contribution in [2.75, 3.05) is 49.6 Å². The molecule has 9 heteroatoms. The van der Waals surface area contributed by atoms with Gasteiger partial charge >= 0.3 is 0 Å². The highest BCUT2D eigenvalue weighted by Gasteiger charge is 2.33. The molecule has 1 N–H and O–H groups in total. The highest BCUT2D eigenvalue weighted by atomic mass is 16.5. The maximum absolute atomic E-state index is 6.15. The van der Waals surface area contributed by atoms with Crippen molar-refractivity contribution in [2.45, 2.75) is 32.9 Å². The van der Waals surface area contributed by atoms with Crippen LogP contribution in [0.3, 0.4) is 0 Å². The van der Waals surface area contributed by atoms with E-state index in [0.29, 0.717) is 12.0 Å². The van der Waals surface area contributed by atoms with E-state index in [0.717, 1.165) is 67.9 Å². The minimum absolute atomic E-state index is 0.0887. The van der Waals surface area contributed by atoms with E-state index >= 15 is 0 Å². The Morgan fingerprint density at radius 2 is 1.94 bits per heavy atom. The number of rotatable bonds is 7. The van der Waals surface area contributed by atoms with Gasteiger partial charge in [0, 0.05) is 61.4 Å². The lowest BCUT2D eigenvalue weighted by Crippen LogP contribution is -2.61. The normalized spacial score (nSPS) is 17.3. The Morgan fingerprint density at radius 3 is 2.67 bits per heavy atom. The topological polar surface area (TPSA) is 80.6 Å². The minimum Gasteiger partial charge on any atom is -0.491 e. The molecule has 1 aromatic carbocycles. The van der Waals surface area contributed by atoms with Gasteiger partial charge in [0.1, 0.15) is 12.1 Å². The van der Waals surface area contributed by atoms with Gasteiger partial charge in [0.25, 0.3) is 0 Å². The molecule has 0 aliphatic carbocycles. The minimum atomic E-state index is 0.0887. The monoisotopic (exact) mass is 449 g/mol. The Balaban J connectivity index is 1.36. The van der Waals surface area contributed by atoms with Gasteiger partial charge in [-0.05, 0) is 39.0 Å². The summed E-state index contributed by atoms with van der Waals surface area (Å²) < 4.78 is 13.3. The van der Waals surface area contributed by atoms with Crippen molar-refractivity contribution in [2.24, 2.45) is 0 Å². The summed E-state index contributed by atoms with van der Waals surface area (Å²) in [7, 11) is 0. The van der Waals surface area contributed by atoms with Gasteiger partial charge in [0.05, 0.1) is 19.3 Å². The molecule has 174 valence electrons. The molecule has 0 unspecified atom stereocenters. The Hall–Kier alpha value is -3.17. The molecule has 9 nitrogen and oxygen atoms in total. The number of pyridine rings is 1. The Labute approximate surface area is 194 Å². The van der Waals surface area contributed by atoms with Gasteiger partial charge < -0.3 is 19.7 Å².